The molecule has 0 radical (unpaired) electrons. The van der Waals surface area contributed by atoms with Crippen LogP contribution in [0.1, 0.15) is 77.2 Å². The average Bonchev–Trinajstić information content (AvgIpc) is 3.52. The maximum Gasteiger partial charge on any atom is 0.527 e. The highest BCUT2D eigenvalue weighted by molar-refractivity contribution is 5.84. The number of nitrogens with two attached hydrogens (primary N) is 1. The van der Waals surface area contributed by atoms with Crippen molar-refractivity contribution in [2.24, 2.45) is 5.73 Å². The van der Waals surface area contributed by atoms with Gasteiger partial charge in [-0.3, -0.25) is 0 Å². The van der Waals surface area contributed by atoms with E-state index in [9.17, 15) is 4.79 Å². The van der Waals surface area contributed by atoms with Gasteiger partial charge in [0.25, 0.3) is 0 Å². The highest BCUT2D eigenvalue weighted by Crippen LogP contribution is 2.33. The molecule has 0 bridgehead atoms. The van der Waals surface area contributed by atoms with Crippen molar-refractivity contribution >= 4 is 29.1 Å². The normalized spacial score (nSPS) is 24.5. The molecular formula is C24H38N8O3. The van der Waals surface area contributed by atoms with Crippen LogP contribution >= 0.6 is 0 Å². The van der Waals surface area contributed by atoms with Gasteiger partial charge < -0.3 is 30.5 Å². The molecule has 1 saturated heterocycles. The van der Waals surface area contributed by atoms with Crippen LogP contribution in [0.2, 0.25) is 0 Å². The molecule has 2 aliphatic carbocycles. The van der Waals surface area contributed by atoms with Crippen molar-refractivity contribution in [2.75, 3.05) is 30.3 Å². The zero-order valence-corrected chi connectivity index (χ0v) is 20.6. The molecule has 192 valence electrons. The molecule has 0 atom stereocenters. The molecule has 1 aliphatic heterocycles. The Kier molecular flexibility index (Phi) is 7.52. The largest absolute Gasteiger partial charge is 0.527 e. The van der Waals surface area contributed by atoms with Crippen LogP contribution < -0.4 is 16.4 Å². The molecule has 3 fully saturated rings. The van der Waals surface area contributed by atoms with Crippen LogP contribution in [0.3, 0.4) is 0 Å². The fourth-order valence-corrected chi connectivity index (χ4v) is 5.51. The number of imidazole rings is 1. The highest BCUT2D eigenvalue weighted by atomic mass is 16.8. The fourth-order valence-electron chi connectivity index (χ4n) is 5.51. The number of anilines is 2. The van der Waals surface area contributed by atoms with E-state index in [1.165, 1.54) is 25.7 Å². The Labute approximate surface area is 206 Å². The van der Waals surface area contributed by atoms with E-state index in [2.05, 4.69) is 15.2 Å². The molecule has 2 saturated carbocycles. The molecule has 0 unspecified atom stereocenters. The second kappa shape index (κ2) is 10.9. The number of aromatic nitrogens is 4. The van der Waals surface area contributed by atoms with E-state index < -0.39 is 6.16 Å². The molecule has 0 aromatic carbocycles. The second-order valence-corrected chi connectivity index (χ2v) is 10.0. The van der Waals surface area contributed by atoms with Crippen molar-refractivity contribution in [1.82, 2.24) is 24.6 Å². The van der Waals surface area contributed by atoms with E-state index >= 15 is 0 Å². The van der Waals surface area contributed by atoms with Crippen molar-refractivity contribution in [3.05, 3.63) is 6.33 Å². The third-order valence-electron chi connectivity index (χ3n) is 7.51. The number of fused-ring (bicyclic) bond motifs is 1. The van der Waals surface area contributed by atoms with Gasteiger partial charge >= 0.3 is 6.16 Å². The Hall–Kier alpha value is -2.66. The minimum Gasteiger partial charge on any atom is -0.433 e. The van der Waals surface area contributed by atoms with Gasteiger partial charge in [-0.2, -0.15) is 9.97 Å². The number of carbonyl (C=O) groups is 1. The molecule has 0 spiro atoms. The number of hydrogen-bond donors (Lipinski definition) is 3. The molecule has 2 aromatic heterocycles. The first-order valence-corrected chi connectivity index (χ1v) is 13.2. The van der Waals surface area contributed by atoms with E-state index in [-0.39, 0.29) is 6.04 Å². The zero-order chi connectivity index (χ0) is 24.2. The van der Waals surface area contributed by atoms with Gasteiger partial charge in [-0.25, -0.2) is 9.78 Å². The molecular weight excluding hydrogens is 448 g/mol. The number of hydrogen-bond acceptors (Lipinski definition) is 10. The lowest BCUT2D eigenvalue weighted by Gasteiger charge is -2.31. The first-order chi connectivity index (χ1) is 17.1. The molecule has 35 heavy (non-hydrogen) atoms. The Balaban J connectivity index is 1.32. The number of hydroxylamine groups is 2. The van der Waals surface area contributed by atoms with Gasteiger partial charge in [-0.05, 0) is 58.3 Å². The molecule has 11 nitrogen and oxygen atoms in total. The Bertz CT molecular complexity index is 992. The number of rotatable bonds is 7. The van der Waals surface area contributed by atoms with Crippen molar-refractivity contribution in [3.8, 4) is 0 Å². The Morgan fingerprint density at radius 3 is 2.46 bits per heavy atom. The SMILES string of the molecule is CCOC(=O)ON1CCC(Nc2nc(N[C@H]3CC[C@H](N)CC3)nc3c2ncn3C2CCCC2)CC1. The summed E-state index contributed by atoms with van der Waals surface area (Å²) < 4.78 is 7.12. The lowest BCUT2D eigenvalue weighted by Crippen LogP contribution is -2.40. The van der Waals surface area contributed by atoms with Gasteiger partial charge in [0.1, 0.15) is 0 Å². The summed E-state index contributed by atoms with van der Waals surface area (Å²) >= 11 is 0. The van der Waals surface area contributed by atoms with Crippen molar-refractivity contribution < 1.29 is 14.4 Å². The molecule has 11 heteroatoms. The number of nitrogens with one attached hydrogen (secondary N) is 2. The van der Waals surface area contributed by atoms with Crippen LogP contribution in [0.25, 0.3) is 11.2 Å². The van der Waals surface area contributed by atoms with Crippen LogP contribution in [0, 0.1) is 0 Å². The molecule has 0 amide bonds. The lowest BCUT2D eigenvalue weighted by molar-refractivity contribution is -0.137. The van der Waals surface area contributed by atoms with Gasteiger partial charge in [0.15, 0.2) is 17.0 Å². The summed E-state index contributed by atoms with van der Waals surface area (Å²) in [5, 5.41) is 8.88. The first-order valence-electron chi connectivity index (χ1n) is 13.2. The van der Waals surface area contributed by atoms with Crippen molar-refractivity contribution in [2.45, 2.75) is 95.3 Å². The van der Waals surface area contributed by atoms with Crippen LogP contribution in [0.5, 0.6) is 0 Å². The minimum atomic E-state index is -0.645. The predicted molar refractivity (Wildman–Crippen MR) is 133 cm³/mol. The Morgan fingerprint density at radius 1 is 1.03 bits per heavy atom. The van der Waals surface area contributed by atoms with Crippen molar-refractivity contribution in [1.29, 1.82) is 0 Å². The standard InChI is InChI=1S/C24H38N8O3/c1-2-34-24(33)35-31-13-11-18(12-14-31)27-21-20-22(32(15-26-20)19-5-3-4-6-19)30-23(29-21)28-17-9-7-16(25)8-10-17/h15-19H,2-14,25H2,1H3,(H2,27,28,29,30)/t16-,17-. The van der Waals surface area contributed by atoms with E-state index in [1.54, 1.807) is 12.0 Å². The van der Waals surface area contributed by atoms with Crippen LogP contribution in [0.4, 0.5) is 16.6 Å². The van der Waals surface area contributed by atoms with Gasteiger partial charge in [0.05, 0.1) is 12.9 Å². The minimum absolute atomic E-state index is 0.201. The fraction of sp³-hybridized carbons (Fsp3) is 0.750. The van der Waals surface area contributed by atoms with E-state index in [0.717, 1.165) is 55.5 Å². The highest BCUT2D eigenvalue weighted by Gasteiger charge is 2.27. The predicted octanol–water partition coefficient (Wildman–Crippen LogP) is 3.59. The topological polar surface area (TPSA) is 132 Å². The monoisotopic (exact) mass is 486 g/mol. The molecule has 5 rings (SSSR count). The van der Waals surface area contributed by atoms with Gasteiger partial charge in [0.2, 0.25) is 5.95 Å². The van der Waals surface area contributed by atoms with Crippen LogP contribution in [0.15, 0.2) is 6.33 Å². The number of carbonyl (C=O) groups excluding carboxylic acids is 1. The second-order valence-electron chi connectivity index (χ2n) is 10.0. The summed E-state index contributed by atoms with van der Waals surface area (Å²) in [6.07, 6.45) is 11.9. The smallest absolute Gasteiger partial charge is 0.433 e. The summed E-state index contributed by atoms with van der Waals surface area (Å²) in [7, 11) is 0. The van der Waals surface area contributed by atoms with E-state index in [0.29, 0.717) is 43.8 Å². The number of piperidine rings is 1. The van der Waals surface area contributed by atoms with Gasteiger partial charge in [-0.1, -0.05) is 12.8 Å². The van der Waals surface area contributed by atoms with Crippen LogP contribution in [-0.2, 0) is 9.57 Å². The number of ether oxygens (including phenoxy) is 1. The maximum absolute atomic E-state index is 11.6. The first kappa shape index (κ1) is 24.1. The average molecular weight is 487 g/mol. The summed E-state index contributed by atoms with van der Waals surface area (Å²) in [5.74, 6) is 1.43. The molecule has 3 heterocycles. The third kappa shape index (κ3) is 5.78. The lowest BCUT2D eigenvalue weighted by atomic mass is 9.92. The van der Waals surface area contributed by atoms with E-state index in [1.807, 2.05) is 6.33 Å². The van der Waals surface area contributed by atoms with Gasteiger partial charge in [0, 0.05) is 37.3 Å². The zero-order valence-electron chi connectivity index (χ0n) is 20.6. The summed E-state index contributed by atoms with van der Waals surface area (Å²) in [4.78, 5) is 31.4. The quantitative estimate of drug-likeness (QED) is 0.499. The summed E-state index contributed by atoms with van der Waals surface area (Å²) in [6, 6.07) is 1.29. The number of nitrogens with zero attached hydrogens (tertiary/aromatic N) is 5. The molecule has 2 aromatic rings. The van der Waals surface area contributed by atoms with Crippen LogP contribution in [-0.4, -0.2) is 68.6 Å². The molecule has 3 aliphatic rings. The van der Waals surface area contributed by atoms with E-state index in [4.69, 9.17) is 30.3 Å². The molecule has 4 N–H and O–H groups in total. The van der Waals surface area contributed by atoms with Gasteiger partial charge in [-0.15, -0.1) is 5.06 Å². The van der Waals surface area contributed by atoms with Crippen molar-refractivity contribution in [3.63, 3.8) is 0 Å². The Morgan fingerprint density at radius 2 is 1.74 bits per heavy atom. The summed E-state index contributed by atoms with van der Waals surface area (Å²) in [6.45, 7) is 3.33. The third-order valence-corrected chi connectivity index (χ3v) is 7.51. The maximum atomic E-state index is 11.6. The summed E-state index contributed by atoms with van der Waals surface area (Å²) in [5.41, 5.74) is 7.82.